The second kappa shape index (κ2) is 7.37. The molecule has 0 radical (unpaired) electrons. The maximum Gasteiger partial charge on any atom is 0.310 e. The van der Waals surface area contributed by atoms with Gasteiger partial charge in [0.2, 0.25) is 0 Å². The standard InChI is InChI=1S/C21H18F6N4OS/c22-16-9-14(11-28-13-16)19-10-15(12-29-20(19)31-7-1-2-8-31)21(32)30-17-3-5-18(6-4-17)33(23,24,25,26)27/h3-6,9-13H,1-2,7-8H2,(H,30,32). The molecule has 2 aromatic heterocycles. The minimum Gasteiger partial charge on any atom is -0.356 e. The van der Waals surface area contributed by atoms with Crippen molar-refractivity contribution in [3.63, 3.8) is 0 Å². The summed E-state index contributed by atoms with van der Waals surface area (Å²) in [6.45, 7) is 1.49. The SMILES string of the molecule is O=C(Nc1ccc(S(F)(F)(F)(F)F)cc1)c1cnc(N2CCCC2)c(-c2cncc(F)c2)c1. The normalized spacial score (nSPS) is 16.2. The van der Waals surface area contributed by atoms with E-state index in [9.17, 15) is 28.6 Å². The molecular weight excluding hydrogens is 470 g/mol. The summed E-state index contributed by atoms with van der Waals surface area (Å²) in [5.41, 5.74) is 0.810. The molecule has 176 valence electrons. The van der Waals surface area contributed by atoms with Crippen molar-refractivity contribution in [2.24, 2.45) is 0 Å². The van der Waals surface area contributed by atoms with E-state index in [4.69, 9.17) is 0 Å². The number of carbonyl (C=O) groups is 1. The summed E-state index contributed by atoms with van der Waals surface area (Å²) in [4.78, 5) is 20.8. The molecule has 33 heavy (non-hydrogen) atoms. The fourth-order valence-electron chi connectivity index (χ4n) is 3.53. The third kappa shape index (κ3) is 5.21. The van der Waals surface area contributed by atoms with Crippen molar-refractivity contribution in [2.45, 2.75) is 17.7 Å². The lowest BCUT2D eigenvalue weighted by Gasteiger charge is -2.40. The molecule has 1 aliphatic heterocycles. The van der Waals surface area contributed by atoms with Gasteiger partial charge in [-0.15, -0.1) is 0 Å². The molecular formula is C21H18F6N4OS. The smallest absolute Gasteiger partial charge is 0.310 e. The molecule has 4 rings (SSSR count). The lowest BCUT2D eigenvalue weighted by Crippen LogP contribution is -2.21. The zero-order valence-corrected chi connectivity index (χ0v) is 17.8. The Morgan fingerprint density at radius 3 is 2.21 bits per heavy atom. The monoisotopic (exact) mass is 488 g/mol. The molecule has 1 amide bonds. The van der Waals surface area contributed by atoms with Crippen LogP contribution in [-0.2, 0) is 0 Å². The first-order valence-corrected chi connectivity index (χ1v) is 11.8. The van der Waals surface area contributed by atoms with Gasteiger partial charge in [-0.05, 0) is 49.2 Å². The van der Waals surface area contributed by atoms with Crippen LogP contribution >= 0.6 is 10.2 Å². The highest BCUT2D eigenvalue weighted by atomic mass is 32.5. The number of hydrogen-bond donors (Lipinski definition) is 1. The van der Waals surface area contributed by atoms with Crippen molar-refractivity contribution >= 4 is 27.6 Å². The number of carbonyl (C=O) groups excluding carboxylic acids is 1. The summed E-state index contributed by atoms with van der Waals surface area (Å²) in [5.74, 6) is -0.739. The topological polar surface area (TPSA) is 58.1 Å². The number of aromatic nitrogens is 2. The van der Waals surface area contributed by atoms with E-state index in [1.54, 1.807) is 0 Å². The van der Waals surface area contributed by atoms with E-state index in [1.165, 1.54) is 24.5 Å². The Morgan fingerprint density at radius 1 is 0.939 bits per heavy atom. The van der Waals surface area contributed by atoms with Crippen molar-refractivity contribution in [2.75, 3.05) is 23.3 Å². The van der Waals surface area contributed by atoms with Crippen LogP contribution in [-0.4, -0.2) is 29.0 Å². The Labute approximate surface area is 185 Å². The van der Waals surface area contributed by atoms with Gasteiger partial charge in [0.25, 0.3) is 5.91 Å². The van der Waals surface area contributed by atoms with Gasteiger partial charge < -0.3 is 10.2 Å². The van der Waals surface area contributed by atoms with Crippen LogP contribution in [0, 0.1) is 5.82 Å². The summed E-state index contributed by atoms with van der Waals surface area (Å²) >= 11 is 0. The number of rotatable bonds is 5. The van der Waals surface area contributed by atoms with Gasteiger partial charge in [-0.1, -0.05) is 19.4 Å². The Morgan fingerprint density at radius 2 is 1.61 bits per heavy atom. The minimum atomic E-state index is -9.80. The van der Waals surface area contributed by atoms with Gasteiger partial charge in [0.15, 0.2) is 0 Å². The largest absolute Gasteiger partial charge is 0.356 e. The zero-order chi connectivity index (χ0) is 23.9. The van der Waals surface area contributed by atoms with Crippen LogP contribution in [0.4, 0.5) is 35.3 Å². The highest BCUT2D eigenvalue weighted by Crippen LogP contribution is 3.02. The van der Waals surface area contributed by atoms with E-state index in [1.807, 2.05) is 4.90 Å². The molecule has 0 unspecified atom stereocenters. The van der Waals surface area contributed by atoms with Gasteiger partial charge in [-0.25, -0.2) is 9.37 Å². The average molecular weight is 488 g/mol. The first kappa shape index (κ1) is 22.9. The number of nitrogens with one attached hydrogen (secondary N) is 1. The maximum atomic E-state index is 13.8. The van der Waals surface area contributed by atoms with Crippen molar-refractivity contribution in [3.8, 4) is 11.1 Å². The third-order valence-electron chi connectivity index (χ3n) is 5.11. The first-order valence-electron chi connectivity index (χ1n) is 9.82. The molecule has 1 aliphatic rings. The van der Waals surface area contributed by atoms with Crippen LogP contribution in [0.1, 0.15) is 23.2 Å². The summed E-state index contributed by atoms with van der Waals surface area (Å²) in [5, 5.41) is 2.36. The number of hydrogen-bond acceptors (Lipinski definition) is 4. The van der Waals surface area contributed by atoms with Gasteiger partial charge >= 0.3 is 10.2 Å². The van der Waals surface area contributed by atoms with Gasteiger partial charge in [0, 0.05) is 42.3 Å². The molecule has 1 aromatic carbocycles. The molecule has 0 bridgehead atoms. The number of halogens is 6. The number of pyridine rings is 2. The molecule has 3 heterocycles. The summed E-state index contributed by atoms with van der Waals surface area (Å²) in [7, 11) is -9.80. The number of anilines is 2. The first-order chi connectivity index (χ1) is 15.3. The minimum absolute atomic E-state index is 0.0500. The number of amides is 1. The fraction of sp³-hybridized carbons (Fsp3) is 0.190. The van der Waals surface area contributed by atoms with Crippen LogP contribution in [0.2, 0.25) is 0 Å². The average Bonchev–Trinajstić information content (AvgIpc) is 3.27. The van der Waals surface area contributed by atoms with E-state index in [-0.39, 0.29) is 23.4 Å². The van der Waals surface area contributed by atoms with E-state index < -0.39 is 26.8 Å². The number of nitrogens with zero attached hydrogens (tertiary/aromatic N) is 3. The molecule has 0 spiro atoms. The van der Waals surface area contributed by atoms with Crippen molar-refractivity contribution in [1.82, 2.24) is 9.97 Å². The zero-order valence-electron chi connectivity index (χ0n) is 17.0. The fourth-order valence-corrected chi connectivity index (χ4v) is 4.18. The number of benzene rings is 1. The van der Waals surface area contributed by atoms with Crippen LogP contribution in [0.15, 0.2) is 59.9 Å². The van der Waals surface area contributed by atoms with Crippen LogP contribution in [0.5, 0.6) is 0 Å². The Bertz CT molecular complexity index is 1210. The molecule has 0 atom stereocenters. The van der Waals surface area contributed by atoms with E-state index >= 15 is 0 Å². The molecule has 1 N–H and O–H groups in total. The van der Waals surface area contributed by atoms with E-state index in [0.29, 0.717) is 16.9 Å². The van der Waals surface area contributed by atoms with E-state index in [0.717, 1.165) is 44.3 Å². The van der Waals surface area contributed by atoms with Gasteiger partial charge in [0.1, 0.15) is 16.5 Å². The summed E-state index contributed by atoms with van der Waals surface area (Å²) in [6, 6.07) is 4.66. The lowest BCUT2D eigenvalue weighted by molar-refractivity contribution is 0.102. The molecule has 1 fully saturated rings. The predicted octanol–water partition coefficient (Wildman–Crippen LogP) is 6.79. The van der Waals surface area contributed by atoms with Crippen molar-refractivity contribution < 1.29 is 28.6 Å². The van der Waals surface area contributed by atoms with Gasteiger partial charge in [0.05, 0.1) is 11.8 Å². The molecule has 0 saturated carbocycles. The molecule has 0 aliphatic carbocycles. The second-order valence-corrected chi connectivity index (χ2v) is 10.0. The Hall–Kier alpha value is -3.28. The van der Waals surface area contributed by atoms with Gasteiger partial charge in [-0.2, -0.15) is 0 Å². The van der Waals surface area contributed by atoms with Crippen LogP contribution < -0.4 is 10.2 Å². The third-order valence-corrected chi connectivity index (χ3v) is 6.27. The highest BCUT2D eigenvalue weighted by molar-refractivity contribution is 8.45. The molecule has 3 aromatic rings. The molecule has 12 heteroatoms. The van der Waals surface area contributed by atoms with E-state index in [2.05, 4.69) is 15.3 Å². The van der Waals surface area contributed by atoms with Crippen molar-refractivity contribution in [1.29, 1.82) is 0 Å². The van der Waals surface area contributed by atoms with Crippen molar-refractivity contribution in [3.05, 3.63) is 66.4 Å². The molecule has 5 nitrogen and oxygen atoms in total. The van der Waals surface area contributed by atoms with Crippen LogP contribution in [0.3, 0.4) is 0 Å². The highest BCUT2D eigenvalue weighted by Gasteiger charge is 2.65. The molecule has 1 saturated heterocycles. The Balaban J connectivity index is 1.64. The maximum absolute atomic E-state index is 13.8. The van der Waals surface area contributed by atoms with Crippen LogP contribution in [0.25, 0.3) is 11.1 Å². The quantitative estimate of drug-likeness (QED) is 0.402. The lowest BCUT2D eigenvalue weighted by atomic mass is 10.1. The Kier molecular flexibility index (Phi) is 5.11. The van der Waals surface area contributed by atoms with Gasteiger partial charge in [-0.3, -0.25) is 9.78 Å². The summed E-state index contributed by atoms with van der Waals surface area (Å²) in [6.07, 6.45) is 5.68. The second-order valence-electron chi connectivity index (χ2n) is 7.63. The predicted molar refractivity (Wildman–Crippen MR) is 115 cm³/mol. The summed E-state index contributed by atoms with van der Waals surface area (Å²) < 4.78 is 78.1.